The number of rotatable bonds is 7. The fraction of sp³-hybridized carbons (Fsp3) is 0.562. The maximum Gasteiger partial charge on any atom is 0.240 e. The third kappa shape index (κ3) is 5.44. The lowest BCUT2D eigenvalue weighted by atomic mass is 9.95. The number of amides is 1. The minimum atomic E-state index is -0.899. The highest BCUT2D eigenvalue weighted by molar-refractivity contribution is 5.85. The number of benzene rings is 1. The van der Waals surface area contributed by atoms with Crippen molar-refractivity contribution >= 4 is 5.91 Å². The molecule has 1 rings (SSSR count). The second-order valence-electron chi connectivity index (χ2n) is 5.85. The summed E-state index contributed by atoms with van der Waals surface area (Å²) < 4.78 is 12.8. The number of aliphatic hydroxyl groups excluding tert-OH is 1. The molecule has 0 heterocycles. The summed E-state index contributed by atoms with van der Waals surface area (Å²) in [6, 6.07) is 5.47. The lowest BCUT2D eigenvalue weighted by Gasteiger charge is -2.26. The molecule has 0 aliphatic heterocycles. The van der Waals surface area contributed by atoms with E-state index < -0.39 is 11.6 Å². The number of carbonyl (C=O) groups excluding carboxylic acids is 1. The van der Waals surface area contributed by atoms with E-state index in [1.165, 1.54) is 12.1 Å². The first-order valence-corrected chi connectivity index (χ1v) is 7.29. The van der Waals surface area contributed by atoms with Gasteiger partial charge in [-0.2, -0.15) is 0 Å². The third-order valence-electron chi connectivity index (χ3n) is 3.50. The average Bonchev–Trinajstić information content (AvgIpc) is 2.38. The molecule has 0 spiro atoms. The second-order valence-corrected chi connectivity index (χ2v) is 5.85. The summed E-state index contributed by atoms with van der Waals surface area (Å²) in [5.41, 5.74) is 5.69. The molecule has 21 heavy (non-hydrogen) atoms. The summed E-state index contributed by atoms with van der Waals surface area (Å²) in [5, 5.41) is 12.9. The number of aliphatic hydroxyl groups is 1. The molecule has 1 aromatic carbocycles. The van der Waals surface area contributed by atoms with Crippen LogP contribution in [-0.2, 0) is 4.79 Å². The van der Waals surface area contributed by atoms with Crippen molar-refractivity contribution in [3.63, 3.8) is 0 Å². The van der Waals surface area contributed by atoms with Gasteiger partial charge in [0, 0.05) is 6.04 Å². The van der Waals surface area contributed by atoms with Crippen LogP contribution in [0.4, 0.5) is 4.39 Å². The summed E-state index contributed by atoms with van der Waals surface area (Å²) in [6.45, 7) is 5.49. The molecular weight excluding hydrogens is 271 g/mol. The molecule has 0 aliphatic rings. The molecular formula is C16H25FN2O2. The third-order valence-corrected chi connectivity index (χ3v) is 3.50. The standard InChI is InChI=1S/C16H25FN2O2/c1-4-9-16(3,18)15(21)19-11(2)10-14(20)12-5-7-13(17)8-6-12/h5-8,11,14,20H,4,9-10,18H2,1-3H3,(H,19,21). The largest absolute Gasteiger partial charge is 0.388 e. The van der Waals surface area contributed by atoms with Gasteiger partial charge in [0.1, 0.15) is 5.82 Å². The van der Waals surface area contributed by atoms with Gasteiger partial charge in [-0.3, -0.25) is 4.79 Å². The molecule has 1 amide bonds. The Morgan fingerprint density at radius 2 is 2.00 bits per heavy atom. The molecule has 1 aromatic rings. The van der Waals surface area contributed by atoms with Crippen molar-refractivity contribution in [2.75, 3.05) is 0 Å². The minimum absolute atomic E-state index is 0.219. The van der Waals surface area contributed by atoms with Gasteiger partial charge in [-0.15, -0.1) is 0 Å². The normalized spacial score (nSPS) is 16.9. The molecule has 0 bridgehead atoms. The van der Waals surface area contributed by atoms with E-state index in [4.69, 9.17) is 5.73 Å². The Bertz CT molecular complexity index is 460. The maximum atomic E-state index is 12.8. The first-order chi connectivity index (χ1) is 9.76. The Kier molecular flexibility index (Phi) is 6.30. The maximum absolute atomic E-state index is 12.8. The Balaban J connectivity index is 2.55. The van der Waals surface area contributed by atoms with Crippen LogP contribution >= 0.6 is 0 Å². The molecule has 4 nitrogen and oxygen atoms in total. The predicted molar refractivity (Wildman–Crippen MR) is 81.1 cm³/mol. The SMILES string of the molecule is CCCC(C)(N)C(=O)NC(C)CC(O)c1ccc(F)cc1. The summed E-state index contributed by atoms with van der Waals surface area (Å²) in [6.07, 6.45) is 1.02. The zero-order valence-electron chi connectivity index (χ0n) is 12.9. The van der Waals surface area contributed by atoms with E-state index in [1.807, 2.05) is 13.8 Å². The molecule has 4 N–H and O–H groups in total. The molecule has 5 heteroatoms. The molecule has 118 valence electrons. The average molecular weight is 296 g/mol. The monoisotopic (exact) mass is 296 g/mol. The smallest absolute Gasteiger partial charge is 0.240 e. The van der Waals surface area contributed by atoms with E-state index in [1.54, 1.807) is 19.1 Å². The molecule has 3 atom stereocenters. The Labute approximate surface area is 125 Å². The van der Waals surface area contributed by atoms with Gasteiger partial charge in [-0.05, 0) is 44.4 Å². The van der Waals surface area contributed by atoms with Crippen molar-refractivity contribution in [2.24, 2.45) is 5.73 Å². The van der Waals surface area contributed by atoms with Gasteiger partial charge in [0.25, 0.3) is 0 Å². The minimum Gasteiger partial charge on any atom is -0.388 e. The number of carbonyl (C=O) groups is 1. The Morgan fingerprint density at radius 1 is 1.43 bits per heavy atom. The van der Waals surface area contributed by atoms with Crippen LogP contribution < -0.4 is 11.1 Å². The molecule has 3 unspecified atom stereocenters. The van der Waals surface area contributed by atoms with Gasteiger partial charge < -0.3 is 16.2 Å². The lowest BCUT2D eigenvalue weighted by Crippen LogP contribution is -2.53. The van der Waals surface area contributed by atoms with Crippen molar-refractivity contribution in [2.45, 2.75) is 57.7 Å². The van der Waals surface area contributed by atoms with E-state index in [-0.39, 0.29) is 17.8 Å². The molecule has 0 saturated carbocycles. The molecule has 0 radical (unpaired) electrons. The first kappa shape index (κ1) is 17.6. The zero-order chi connectivity index (χ0) is 16.0. The predicted octanol–water partition coefficient (Wildman–Crippen LogP) is 2.27. The zero-order valence-corrected chi connectivity index (χ0v) is 12.9. The fourth-order valence-electron chi connectivity index (χ4n) is 2.24. The highest BCUT2D eigenvalue weighted by Crippen LogP contribution is 2.19. The Morgan fingerprint density at radius 3 is 2.52 bits per heavy atom. The van der Waals surface area contributed by atoms with Crippen LogP contribution in [0.5, 0.6) is 0 Å². The van der Waals surface area contributed by atoms with E-state index in [0.29, 0.717) is 18.4 Å². The van der Waals surface area contributed by atoms with Crippen molar-refractivity contribution in [1.29, 1.82) is 0 Å². The topological polar surface area (TPSA) is 75.4 Å². The summed E-state index contributed by atoms with van der Waals surface area (Å²) >= 11 is 0. The number of hydrogen-bond acceptors (Lipinski definition) is 3. The van der Waals surface area contributed by atoms with Crippen LogP contribution in [0.25, 0.3) is 0 Å². The summed E-state index contributed by atoms with van der Waals surface area (Å²) in [7, 11) is 0. The number of nitrogens with one attached hydrogen (secondary N) is 1. The van der Waals surface area contributed by atoms with E-state index in [2.05, 4.69) is 5.32 Å². The van der Waals surface area contributed by atoms with Crippen molar-refractivity contribution in [3.8, 4) is 0 Å². The van der Waals surface area contributed by atoms with Crippen LogP contribution in [0.3, 0.4) is 0 Å². The van der Waals surface area contributed by atoms with Crippen LogP contribution in [0.1, 0.15) is 51.7 Å². The van der Waals surface area contributed by atoms with Crippen LogP contribution in [0.2, 0.25) is 0 Å². The fourth-order valence-corrected chi connectivity index (χ4v) is 2.24. The second kappa shape index (κ2) is 7.52. The highest BCUT2D eigenvalue weighted by atomic mass is 19.1. The first-order valence-electron chi connectivity index (χ1n) is 7.29. The van der Waals surface area contributed by atoms with Gasteiger partial charge in [0.05, 0.1) is 11.6 Å². The molecule has 0 aromatic heterocycles. The van der Waals surface area contributed by atoms with Gasteiger partial charge in [0.2, 0.25) is 5.91 Å². The quantitative estimate of drug-likeness (QED) is 0.722. The van der Waals surface area contributed by atoms with Crippen molar-refractivity contribution in [1.82, 2.24) is 5.32 Å². The van der Waals surface area contributed by atoms with Gasteiger partial charge in [0.15, 0.2) is 0 Å². The number of halogens is 1. The molecule has 0 saturated heterocycles. The van der Waals surface area contributed by atoms with Crippen LogP contribution in [0, 0.1) is 5.82 Å². The number of nitrogens with two attached hydrogens (primary N) is 1. The van der Waals surface area contributed by atoms with Gasteiger partial charge in [-0.1, -0.05) is 25.5 Å². The molecule has 0 aliphatic carbocycles. The number of hydrogen-bond donors (Lipinski definition) is 3. The lowest BCUT2D eigenvalue weighted by molar-refractivity contribution is -0.126. The highest BCUT2D eigenvalue weighted by Gasteiger charge is 2.28. The van der Waals surface area contributed by atoms with Crippen molar-refractivity contribution in [3.05, 3.63) is 35.6 Å². The van der Waals surface area contributed by atoms with Crippen LogP contribution in [0.15, 0.2) is 24.3 Å². The Hall–Kier alpha value is -1.46. The van der Waals surface area contributed by atoms with E-state index in [0.717, 1.165) is 6.42 Å². The van der Waals surface area contributed by atoms with Gasteiger partial charge in [-0.25, -0.2) is 4.39 Å². The van der Waals surface area contributed by atoms with Crippen molar-refractivity contribution < 1.29 is 14.3 Å². The summed E-state index contributed by atoms with van der Waals surface area (Å²) in [4.78, 5) is 12.1. The summed E-state index contributed by atoms with van der Waals surface area (Å²) in [5.74, 6) is -0.561. The van der Waals surface area contributed by atoms with Crippen LogP contribution in [-0.4, -0.2) is 22.6 Å². The van der Waals surface area contributed by atoms with E-state index in [9.17, 15) is 14.3 Å². The van der Waals surface area contributed by atoms with Gasteiger partial charge >= 0.3 is 0 Å². The van der Waals surface area contributed by atoms with E-state index >= 15 is 0 Å². The molecule has 0 fully saturated rings.